The Bertz CT molecular complexity index is 444. The molecule has 1 aromatic carbocycles. The second-order valence-corrected chi connectivity index (χ2v) is 5.79. The van der Waals surface area contributed by atoms with Gasteiger partial charge in [-0.05, 0) is 36.8 Å². The van der Waals surface area contributed by atoms with Gasteiger partial charge in [-0.25, -0.2) is 0 Å². The van der Waals surface area contributed by atoms with E-state index in [4.69, 9.17) is 11.6 Å². The number of carbonyl (C=O) groups excluding carboxylic acids is 1. The number of hydrogen-bond acceptors (Lipinski definition) is 3. The van der Waals surface area contributed by atoms with E-state index in [9.17, 15) is 9.90 Å². The molecule has 1 aliphatic rings. The van der Waals surface area contributed by atoms with E-state index >= 15 is 0 Å². The van der Waals surface area contributed by atoms with Gasteiger partial charge in [-0.15, -0.1) is 0 Å². The van der Waals surface area contributed by atoms with Gasteiger partial charge < -0.3 is 10.4 Å². The molecule has 1 unspecified atom stereocenters. The highest BCUT2D eigenvalue weighted by Crippen LogP contribution is 2.30. The molecule has 0 bridgehead atoms. The summed E-state index contributed by atoms with van der Waals surface area (Å²) in [6, 6.07) is 5.30. The summed E-state index contributed by atoms with van der Waals surface area (Å²) in [4.78, 5) is 12.0. The van der Waals surface area contributed by atoms with Crippen LogP contribution in [0.2, 0.25) is 5.02 Å². The Kier molecular flexibility index (Phi) is 3.66. The van der Waals surface area contributed by atoms with Crippen LogP contribution in [0.25, 0.3) is 0 Å². The van der Waals surface area contributed by atoms with Gasteiger partial charge in [0.05, 0.1) is 0 Å². The zero-order valence-electron chi connectivity index (χ0n) is 9.50. The van der Waals surface area contributed by atoms with Gasteiger partial charge in [-0.1, -0.05) is 17.7 Å². The summed E-state index contributed by atoms with van der Waals surface area (Å²) >= 11 is 7.47. The number of benzene rings is 1. The summed E-state index contributed by atoms with van der Waals surface area (Å²) in [5.74, 6) is 0.935. The van der Waals surface area contributed by atoms with Gasteiger partial charge in [0.1, 0.15) is 0 Å². The maximum atomic E-state index is 12.0. The molecule has 1 amide bonds. The lowest BCUT2D eigenvalue weighted by atomic mass is 10.0. The van der Waals surface area contributed by atoms with Gasteiger partial charge in [0.25, 0.3) is 5.91 Å². The van der Waals surface area contributed by atoms with Crippen LogP contribution in [-0.2, 0) is 4.79 Å². The lowest BCUT2D eigenvalue weighted by Gasteiger charge is -2.21. The summed E-state index contributed by atoms with van der Waals surface area (Å²) < 4.78 is 0. The van der Waals surface area contributed by atoms with Crippen molar-refractivity contribution in [2.75, 3.05) is 16.8 Å². The Hall–Kier alpha value is -0.710. The SMILES string of the molecule is Cc1ccc(Cl)cc1NC(=O)C1(O)CCSC1. The molecule has 0 aliphatic carbocycles. The highest BCUT2D eigenvalue weighted by molar-refractivity contribution is 7.99. The normalized spacial score (nSPS) is 23.7. The van der Waals surface area contributed by atoms with E-state index in [1.165, 1.54) is 0 Å². The first-order valence-corrected chi connectivity index (χ1v) is 6.92. The highest BCUT2D eigenvalue weighted by atomic mass is 35.5. The van der Waals surface area contributed by atoms with E-state index in [1.54, 1.807) is 23.9 Å². The first kappa shape index (κ1) is 12.7. The highest BCUT2D eigenvalue weighted by Gasteiger charge is 2.39. The van der Waals surface area contributed by atoms with Gasteiger partial charge in [-0.3, -0.25) is 4.79 Å². The van der Waals surface area contributed by atoms with Crippen molar-refractivity contribution in [1.82, 2.24) is 0 Å². The third-order valence-corrected chi connectivity index (χ3v) is 4.28. The van der Waals surface area contributed by atoms with E-state index in [0.29, 0.717) is 22.9 Å². The largest absolute Gasteiger partial charge is 0.379 e. The Morgan fingerprint density at radius 1 is 1.59 bits per heavy atom. The fourth-order valence-electron chi connectivity index (χ4n) is 1.70. The Morgan fingerprint density at radius 2 is 2.35 bits per heavy atom. The maximum Gasteiger partial charge on any atom is 0.257 e. The lowest BCUT2D eigenvalue weighted by Crippen LogP contribution is -2.43. The molecule has 0 saturated carbocycles. The molecule has 1 fully saturated rings. The molecule has 1 aliphatic heterocycles. The summed E-state index contributed by atoms with van der Waals surface area (Å²) in [5, 5.41) is 13.4. The molecule has 3 nitrogen and oxygen atoms in total. The van der Waals surface area contributed by atoms with E-state index < -0.39 is 5.60 Å². The zero-order valence-corrected chi connectivity index (χ0v) is 11.1. The molecule has 1 heterocycles. The lowest BCUT2D eigenvalue weighted by molar-refractivity contribution is -0.131. The third kappa shape index (κ3) is 2.76. The smallest absolute Gasteiger partial charge is 0.257 e. The first-order chi connectivity index (χ1) is 8.01. The molecule has 0 spiro atoms. The van der Waals surface area contributed by atoms with Crippen molar-refractivity contribution >= 4 is 35.0 Å². The van der Waals surface area contributed by atoms with E-state index in [-0.39, 0.29) is 5.91 Å². The molecular formula is C12H14ClNO2S. The number of rotatable bonds is 2. The predicted molar refractivity (Wildman–Crippen MR) is 71.7 cm³/mol. The second-order valence-electron chi connectivity index (χ2n) is 4.25. The van der Waals surface area contributed by atoms with Crippen molar-refractivity contribution in [1.29, 1.82) is 0 Å². The number of anilines is 1. The van der Waals surface area contributed by atoms with Crippen LogP contribution in [0, 0.1) is 6.92 Å². The van der Waals surface area contributed by atoms with Gasteiger partial charge in [0.15, 0.2) is 5.60 Å². The van der Waals surface area contributed by atoms with Gasteiger partial charge in [0, 0.05) is 16.5 Å². The van der Waals surface area contributed by atoms with Gasteiger partial charge in [-0.2, -0.15) is 11.8 Å². The number of thioether (sulfide) groups is 1. The van der Waals surface area contributed by atoms with Crippen molar-refractivity contribution < 1.29 is 9.90 Å². The number of nitrogens with one attached hydrogen (secondary N) is 1. The molecule has 0 aromatic heterocycles. The molecule has 1 saturated heterocycles. The molecule has 1 aromatic rings. The Morgan fingerprint density at radius 3 is 3.00 bits per heavy atom. The number of hydrogen-bond donors (Lipinski definition) is 2. The van der Waals surface area contributed by atoms with Gasteiger partial charge >= 0.3 is 0 Å². The average molecular weight is 272 g/mol. The molecule has 92 valence electrons. The molecule has 17 heavy (non-hydrogen) atoms. The zero-order chi connectivity index (χ0) is 12.5. The second kappa shape index (κ2) is 4.88. The number of aryl methyl sites for hydroxylation is 1. The van der Waals surface area contributed by atoms with Crippen LogP contribution in [0.3, 0.4) is 0 Å². The monoisotopic (exact) mass is 271 g/mol. The number of amides is 1. The van der Waals surface area contributed by atoms with Crippen LogP contribution in [0.15, 0.2) is 18.2 Å². The standard InChI is InChI=1S/C12H14ClNO2S/c1-8-2-3-9(13)6-10(8)14-11(15)12(16)4-5-17-7-12/h2-3,6,16H,4-5,7H2,1H3,(H,14,15). The van der Waals surface area contributed by atoms with Crippen LogP contribution >= 0.6 is 23.4 Å². The summed E-state index contributed by atoms with van der Waals surface area (Å²) in [7, 11) is 0. The summed E-state index contributed by atoms with van der Waals surface area (Å²) in [6.45, 7) is 1.89. The molecular weight excluding hydrogens is 258 g/mol. The first-order valence-electron chi connectivity index (χ1n) is 5.39. The van der Waals surface area contributed by atoms with Crippen LogP contribution in [0.5, 0.6) is 0 Å². The molecule has 2 rings (SSSR count). The predicted octanol–water partition coefficient (Wildman–Crippen LogP) is 2.45. The molecule has 1 atom stereocenters. The van der Waals surface area contributed by atoms with Crippen molar-refractivity contribution in [3.63, 3.8) is 0 Å². The molecule has 0 radical (unpaired) electrons. The minimum Gasteiger partial charge on any atom is -0.379 e. The van der Waals surface area contributed by atoms with E-state index in [0.717, 1.165) is 11.3 Å². The van der Waals surface area contributed by atoms with Crippen molar-refractivity contribution in [2.24, 2.45) is 0 Å². The van der Waals surface area contributed by atoms with E-state index in [2.05, 4.69) is 5.32 Å². The third-order valence-electron chi connectivity index (χ3n) is 2.87. The maximum absolute atomic E-state index is 12.0. The molecule has 5 heteroatoms. The minimum atomic E-state index is -1.24. The Balaban J connectivity index is 2.15. The van der Waals surface area contributed by atoms with Crippen molar-refractivity contribution in [3.05, 3.63) is 28.8 Å². The van der Waals surface area contributed by atoms with Crippen LogP contribution in [0.4, 0.5) is 5.69 Å². The van der Waals surface area contributed by atoms with Crippen LogP contribution in [-0.4, -0.2) is 28.1 Å². The van der Waals surface area contributed by atoms with Gasteiger partial charge in [0.2, 0.25) is 0 Å². The minimum absolute atomic E-state index is 0.340. The van der Waals surface area contributed by atoms with Crippen LogP contribution in [0.1, 0.15) is 12.0 Å². The fourth-order valence-corrected chi connectivity index (χ4v) is 3.11. The number of carbonyl (C=O) groups is 1. The summed E-state index contributed by atoms with van der Waals surface area (Å²) in [6.07, 6.45) is 0.503. The topological polar surface area (TPSA) is 49.3 Å². The van der Waals surface area contributed by atoms with Crippen molar-refractivity contribution in [2.45, 2.75) is 18.9 Å². The quantitative estimate of drug-likeness (QED) is 0.869. The molecule has 2 N–H and O–H groups in total. The van der Waals surface area contributed by atoms with E-state index in [1.807, 2.05) is 13.0 Å². The fraction of sp³-hybridized carbons (Fsp3) is 0.417. The number of halogens is 1. The average Bonchev–Trinajstić information content (AvgIpc) is 2.72. The number of aliphatic hydroxyl groups is 1. The Labute approximate surface area is 110 Å². The van der Waals surface area contributed by atoms with Crippen LogP contribution < -0.4 is 5.32 Å². The van der Waals surface area contributed by atoms with Crippen molar-refractivity contribution in [3.8, 4) is 0 Å². The summed E-state index contributed by atoms with van der Waals surface area (Å²) in [5.41, 5.74) is 0.351.